The van der Waals surface area contributed by atoms with E-state index in [1.54, 1.807) is 31.2 Å². The van der Waals surface area contributed by atoms with Crippen molar-refractivity contribution in [1.29, 1.82) is 0 Å². The lowest BCUT2D eigenvalue weighted by atomic mass is 10.1. The van der Waals surface area contributed by atoms with Crippen molar-refractivity contribution in [3.05, 3.63) is 34.3 Å². The molecule has 1 fully saturated rings. The summed E-state index contributed by atoms with van der Waals surface area (Å²) in [5.74, 6) is -0.267. The van der Waals surface area contributed by atoms with Crippen LogP contribution in [0, 0.1) is 17.3 Å². The molecule has 0 aromatic heterocycles. The third-order valence-corrected chi connectivity index (χ3v) is 5.04. The Morgan fingerprint density at radius 2 is 2.00 bits per heavy atom. The number of nitrogens with zero attached hydrogens (tertiary/aromatic N) is 1. The molecule has 2 rings (SSSR count). The SMILES string of the molecule is COc1cc(C(C)=NNC(=O)C2C(C=C(Cl)Cl)C2(C)C)ccc1OCC(N)=O. The molecular formula is C19H23Cl2N3O4. The molecule has 0 heterocycles. The fourth-order valence-corrected chi connectivity index (χ4v) is 3.33. The predicted molar refractivity (Wildman–Crippen MR) is 109 cm³/mol. The van der Waals surface area contributed by atoms with Crippen molar-refractivity contribution in [3.8, 4) is 11.5 Å². The van der Waals surface area contributed by atoms with Gasteiger partial charge in [-0.25, -0.2) is 5.43 Å². The molecule has 1 saturated carbocycles. The van der Waals surface area contributed by atoms with E-state index < -0.39 is 5.91 Å². The van der Waals surface area contributed by atoms with Gasteiger partial charge in [-0.3, -0.25) is 9.59 Å². The van der Waals surface area contributed by atoms with Crippen LogP contribution in [-0.4, -0.2) is 31.2 Å². The molecule has 7 nitrogen and oxygen atoms in total. The Bertz CT molecular complexity index is 832. The van der Waals surface area contributed by atoms with Gasteiger partial charge >= 0.3 is 0 Å². The largest absolute Gasteiger partial charge is 0.493 e. The molecule has 0 radical (unpaired) electrons. The molecule has 1 aliphatic carbocycles. The Morgan fingerprint density at radius 3 is 2.57 bits per heavy atom. The van der Waals surface area contributed by atoms with E-state index >= 15 is 0 Å². The van der Waals surface area contributed by atoms with Crippen LogP contribution in [0.3, 0.4) is 0 Å². The van der Waals surface area contributed by atoms with E-state index in [1.165, 1.54) is 7.11 Å². The minimum atomic E-state index is -0.585. The first-order valence-corrected chi connectivity index (χ1v) is 9.30. The number of rotatable bonds is 8. The topological polar surface area (TPSA) is 103 Å². The molecule has 2 atom stereocenters. The second kappa shape index (κ2) is 8.84. The Kier molecular flexibility index (Phi) is 6.96. The number of halogens is 2. The van der Waals surface area contributed by atoms with E-state index in [0.29, 0.717) is 17.2 Å². The van der Waals surface area contributed by atoms with E-state index in [0.717, 1.165) is 5.56 Å². The van der Waals surface area contributed by atoms with Gasteiger partial charge in [-0.05, 0) is 42.5 Å². The average Bonchev–Trinajstić information content (AvgIpc) is 3.16. The number of hydrogen-bond donors (Lipinski definition) is 2. The van der Waals surface area contributed by atoms with Crippen molar-refractivity contribution in [2.45, 2.75) is 20.8 Å². The van der Waals surface area contributed by atoms with Crippen molar-refractivity contribution >= 4 is 40.7 Å². The van der Waals surface area contributed by atoms with Crippen LogP contribution in [0.25, 0.3) is 0 Å². The van der Waals surface area contributed by atoms with Crippen LogP contribution in [0.2, 0.25) is 0 Å². The van der Waals surface area contributed by atoms with Gasteiger partial charge in [0.15, 0.2) is 18.1 Å². The van der Waals surface area contributed by atoms with E-state index in [1.807, 2.05) is 13.8 Å². The zero-order valence-corrected chi connectivity index (χ0v) is 17.6. The van der Waals surface area contributed by atoms with E-state index in [-0.39, 0.29) is 34.3 Å². The number of nitrogens with two attached hydrogens (primary N) is 1. The predicted octanol–water partition coefficient (Wildman–Crippen LogP) is 2.99. The summed E-state index contributed by atoms with van der Waals surface area (Å²) >= 11 is 11.4. The molecule has 3 N–H and O–H groups in total. The van der Waals surface area contributed by atoms with Crippen LogP contribution in [0.4, 0.5) is 0 Å². The Hall–Kier alpha value is -2.25. The van der Waals surface area contributed by atoms with Crippen molar-refractivity contribution < 1.29 is 19.1 Å². The van der Waals surface area contributed by atoms with Gasteiger partial charge in [0.25, 0.3) is 5.91 Å². The van der Waals surface area contributed by atoms with E-state index in [4.69, 9.17) is 38.4 Å². The number of benzene rings is 1. The minimum Gasteiger partial charge on any atom is -0.493 e. The zero-order chi connectivity index (χ0) is 21.1. The van der Waals surface area contributed by atoms with Crippen LogP contribution >= 0.6 is 23.2 Å². The van der Waals surface area contributed by atoms with Gasteiger partial charge in [-0.1, -0.05) is 37.0 Å². The van der Waals surface area contributed by atoms with Crippen molar-refractivity contribution in [2.24, 2.45) is 28.1 Å². The third-order valence-electron chi connectivity index (χ3n) is 4.78. The number of hydrazone groups is 1. The number of ether oxygens (including phenoxy) is 2. The maximum atomic E-state index is 12.5. The highest BCUT2D eigenvalue weighted by Gasteiger charge is 2.60. The van der Waals surface area contributed by atoms with Gasteiger partial charge in [0.1, 0.15) is 4.49 Å². The number of carbonyl (C=O) groups excluding carboxylic acids is 2. The lowest BCUT2D eigenvalue weighted by molar-refractivity contribution is -0.123. The average molecular weight is 428 g/mol. The van der Waals surface area contributed by atoms with Crippen molar-refractivity contribution in [1.82, 2.24) is 5.43 Å². The molecule has 1 aromatic carbocycles. The molecule has 9 heteroatoms. The monoisotopic (exact) mass is 427 g/mol. The zero-order valence-electron chi connectivity index (χ0n) is 16.1. The van der Waals surface area contributed by atoms with Crippen LogP contribution in [-0.2, 0) is 9.59 Å². The van der Waals surface area contributed by atoms with Gasteiger partial charge in [0.05, 0.1) is 18.7 Å². The molecule has 28 heavy (non-hydrogen) atoms. The van der Waals surface area contributed by atoms with Gasteiger partial charge in [-0.2, -0.15) is 5.10 Å². The highest BCUT2D eigenvalue weighted by Crippen LogP contribution is 2.59. The number of carbonyl (C=O) groups is 2. The summed E-state index contributed by atoms with van der Waals surface area (Å²) in [6.07, 6.45) is 1.68. The summed E-state index contributed by atoms with van der Waals surface area (Å²) in [5, 5.41) is 4.17. The summed E-state index contributed by atoms with van der Waals surface area (Å²) in [4.78, 5) is 23.3. The van der Waals surface area contributed by atoms with Crippen LogP contribution in [0.15, 0.2) is 33.9 Å². The highest BCUT2D eigenvalue weighted by atomic mass is 35.5. The third kappa shape index (κ3) is 5.17. The number of methoxy groups -OCH3 is 1. The summed E-state index contributed by atoms with van der Waals surface area (Å²) in [6, 6.07) is 5.08. The van der Waals surface area contributed by atoms with E-state index in [9.17, 15) is 9.59 Å². The van der Waals surface area contributed by atoms with Gasteiger partial charge < -0.3 is 15.2 Å². The number of primary amides is 1. The summed E-state index contributed by atoms with van der Waals surface area (Å²) in [7, 11) is 1.48. The van der Waals surface area contributed by atoms with Crippen LogP contribution in [0.1, 0.15) is 26.3 Å². The molecule has 0 spiro atoms. The quantitative estimate of drug-likeness (QED) is 0.491. The minimum absolute atomic E-state index is 0.0326. The summed E-state index contributed by atoms with van der Waals surface area (Å²) in [5.41, 5.74) is 8.74. The first-order chi connectivity index (χ1) is 13.1. The first kappa shape index (κ1) is 22.0. The second-order valence-electron chi connectivity index (χ2n) is 7.08. The molecule has 0 saturated heterocycles. The molecular weight excluding hydrogens is 405 g/mol. The number of nitrogens with one attached hydrogen (secondary N) is 1. The number of amides is 2. The molecule has 2 amide bonds. The highest BCUT2D eigenvalue weighted by molar-refractivity contribution is 6.55. The van der Waals surface area contributed by atoms with Crippen LogP contribution in [0.5, 0.6) is 11.5 Å². The lowest BCUT2D eigenvalue weighted by Crippen LogP contribution is -2.23. The second-order valence-corrected chi connectivity index (χ2v) is 8.08. The maximum absolute atomic E-state index is 12.5. The normalized spacial score (nSPS) is 20.1. The number of hydrogen-bond acceptors (Lipinski definition) is 5. The fraction of sp³-hybridized carbons (Fsp3) is 0.421. The summed E-state index contributed by atoms with van der Waals surface area (Å²) < 4.78 is 10.7. The van der Waals surface area contributed by atoms with E-state index in [2.05, 4.69) is 10.5 Å². The molecule has 1 aromatic rings. The Balaban J connectivity index is 2.08. The van der Waals surface area contributed by atoms with Crippen LogP contribution < -0.4 is 20.6 Å². The molecule has 0 bridgehead atoms. The van der Waals surface area contributed by atoms with Gasteiger partial charge in [0.2, 0.25) is 5.91 Å². The maximum Gasteiger partial charge on any atom is 0.255 e. The smallest absolute Gasteiger partial charge is 0.255 e. The standard InChI is InChI=1S/C19H23Cl2N3O4/c1-10(11-5-6-13(14(7-11)27-4)28-9-16(22)25)23-24-18(26)17-12(8-15(20)21)19(17,2)3/h5-8,12,17H,9H2,1-4H3,(H2,22,25)(H,24,26). The molecule has 1 aliphatic rings. The molecule has 0 aliphatic heterocycles. The molecule has 2 unspecified atom stereocenters. The van der Waals surface area contributed by atoms with Crippen molar-refractivity contribution in [3.63, 3.8) is 0 Å². The Labute approximate surface area is 173 Å². The molecule has 152 valence electrons. The number of allylic oxidation sites excluding steroid dienone is 1. The lowest BCUT2D eigenvalue weighted by Gasteiger charge is -2.11. The summed E-state index contributed by atoms with van der Waals surface area (Å²) in [6.45, 7) is 5.45. The Morgan fingerprint density at radius 1 is 1.32 bits per heavy atom. The fourth-order valence-electron chi connectivity index (χ4n) is 3.06. The van der Waals surface area contributed by atoms with Gasteiger partial charge in [0, 0.05) is 5.56 Å². The first-order valence-electron chi connectivity index (χ1n) is 8.54. The van der Waals surface area contributed by atoms with Gasteiger partial charge in [-0.15, -0.1) is 0 Å². The van der Waals surface area contributed by atoms with Crippen molar-refractivity contribution in [2.75, 3.05) is 13.7 Å².